The largest absolute Gasteiger partial charge is 0.272 e. The van der Waals surface area contributed by atoms with E-state index in [-0.39, 0.29) is 6.42 Å². The molecule has 1 aromatic carbocycles. The summed E-state index contributed by atoms with van der Waals surface area (Å²) in [6, 6.07) is 4.34. The van der Waals surface area contributed by atoms with Crippen LogP contribution in [-0.4, -0.2) is 5.91 Å². The number of benzene rings is 1. The van der Waals surface area contributed by atoms with Gasteiger partial charge < -0.3 is 0 Å². The number of hydrogen-bond donors (Lipinski definition) is 1. The van der Waals surface area contributed by atoms with Crippen LogP contribution in [0.25, 0.3) is 0 Å². The fraction of sp³-hybridized carbons (Fsp3) is 0.562. The average molecular weight is 259 g/mol. The van der Waals surface area contributed by atoms with Gasteiger partial charge in [0.15, 0.2) is 0 Å². The minimum absolute atomic E-state index is 0.187. The quantitative estimate of drug-likeness (QED) is 0.812. The molecule has 2 fully saturated rings. The molecule has 3 aliphatic carbocycles. The van der Waals surface area contributed by atoms with Gasteiger partial charge in [0.2, 0.25) is 0 Å². The van der Waals surface area contributed by atoms with Crippen molar-refractivity contribution in [2.24, 2.45) is 11.8 Å². The van der Waals surface area contributed by atoms with E-state index in [1.165, 1.54) is 35.9 Å². The molecule has 0 heterocycles. The van der Waals surface area contributed by atoms with Gasteiger partial charge in [-0.15, -0.1) is 4.48 Å². The highest BCUT2D eigenvalue weighted by Crippen LogP contribution is 2.68. The second-order valence-corrected chi connectivity index (χ2v) is 6.44. The lowest BCUT2D eigenvalue weighted by Crippen LogP contribution is -2.32. The van der Waals surface area contributed by atoms with E-state index in [1.807, 2.05) is 6.92 Å². The third kappa shape index (κ3) is 1.39. The van der Waals surface area contributed by atoms with Crippen molar-refractivity contribution in [2.75, 3.05) is 0 Å². The summed E-state index contributed by atoms with van der Waals surface area (Å²) in [5, 5.41) is 0. The predicted octanol–water partition coefficient (Wildman–Crippen LogP) is 3.15. The van der Waals surface area contributed by atoms with Crippen LogP contribution in [0.15, 0.2) is 12.1 Å². The molecular weight excluding hydrogens is 241 g/mol. The van der Waals surface area contributed by atoms with Gasteiger partial charge in [-0.05, 0) is 72.1 Å². The van der Waals surface area contributed by atoms with Crippen molar-refractivity contribution < 1.29 is 9.28 Å². The summed E-state index contributed by atoms with van der Waals surface area (Å²) in [6.45, 7) is 2.03. The summed E-state index contributed by atoms with van der Waals surface area (Å²) in [7, 11) is 0. The van der Waals surface area contributed by atoms with Gasteiger partial charge in [0.05, 0.1) is 6.42 Å². The molecule has 2 bridgehead atoms. The highest BCUT2D eigenvalue weighted by molar-refractivity contribution is 5.79. The number of fused-ring (bicyclic) bond motifs is 8. The zero-order valence-electron chi connectivity index (χ0n) is 11.1. The lowest BCUT2D eigenvalue weighted by atomic mass is 9.59. The number of amides is 1. The molecule has 1 N–H and O–H groups in total. The molecule has 0 radical (unpaired) electrons. The first-order valence-electron chi connectivity index (χ1n) is 7.22. The average Bonchev–Trinajstić information content (AvgIpc) is 2.94. The first-order valence-corrected chi connectivity index (χ1v) is 7.22. The Hall–Kier alpha value is -1.38. The van der Waals surface area contributed by atoms with Crippen LogP contribution in [0.5, 0.6) is 0 Å². The van der Waals surface area contributed by atoms with Gasteiger partial charge >= 0.3 is 0 Å². The monoisotopic (exact) mass is 259 g/mol. The van der Waals surface area contributed by atoms with Crippen molar-refractivity contribution in [2.45, 2.75) is 44.4 Å². The van der Waals surface area contributed by atoms with Gasteiger partial charge in [-0.3, -0.25) is 4.79 Å². The highest BCUT2D eigenvalue weighted by atomic mass is 19.2. The van der Waals surface area contributed by atoms with Crippen LogP contribution in [-0.2, 0) is 11.2 Å². The van der Waals surface area contributed by atoms with E-state index in [4.69, 9.17) is 0 Å². The molecule has 0 spiro atoms. The zero-order chi connectivity index (χ0) is 13.1. The first kappa shape index (κ1) is 11.4. The van der Waals surface area contributed by atoms with Crippen LogP contribution < -0.4 is 5.54 Å². The van der Waals surface area contributed by atoms with Gasteiger partial charge in [0.1, 0.15) is 0 Å². The smallest absolute Gasteiger partial charge is 0.252 e. The van der Waals surface area contributed by atoms with Crippen molar-refractivity contribution in [3.05, 3.63) is 34.4 Å². The van der Waals surface area contributed by atoms with Gasteiger partial charge in [-0.2, -0.15) is 5.54 Å². The molecule has 0 aliphatic heterocycles. The minimum atomic E-state index is -0.525. The lowest BCUT2D eigenvalue weighted by molar-refractivity contribution is -0.124. The van der Waals surface area contributed by atoms with Gasteiger partial charge in [0.25, 0.3) is 5.91 Å². The maximum Gasteiger partial charge on any atom is 0.252 e. The van der Waals surface area contributed by atoms with Crippen LogP contribution >= 0.6 is 0 Å². The predicted molar refractivity (Wildman–Crippen MR) is 70.4 cm³/mol. The van der Waals surface area contributed by atoms with E-state index in [2.05, 4.69) is 12.1 Å². The van der Waals surface area contributed by atoms with Crippen molar-refractivity contribution in [3.8, 4) is 0 Å². The van der Waals surface area contributed by atoms with Gasteiger partial charge in [-0.1, -0.05) is 12.1 Å². The maximum absolute atomic E-state index is 12.3. The van der Waals surface area contributed by atoms with E-state index in [1.54, 1.807) is 0 Å². The Labute approximate surface area is 112 Å². The van der Waals surface area contributed by atoms with E-state index < -0.39 is 5.91 Å². The summed E-state index contributed by atoms with van der Waals surface area (Å²) < 4.78 is 12.3. The van der Waals surface area contributed by atoms with Crippen molar-refractivity contribution >= 4 is 5.91 Å². The summed E-state index contributed by atoms with van der Waals surface area (Å²) in [4.78, 5) is 11.4. The SMILES string of the molecule is Cc1ccc2c(c1CC(=O)NF)C1C3CCC(C3)C21. The van der Waals surface area contributed by atoms with Crippen molar-refractivity contribution in [1.82, 2.24) is 5.54 Å². The Kier molecular flexibility index (Phi) is 2.30. The number of hydrogen-bond acceptors (Lipinski definition) is 1. The summed E-state index contributed by atoms with van der Waals surface area (Å²) in [5.74, 6) is 2.56. The number of carbonyl (C=O) groups is 1. The highest BCUT2D eigenvalue weighted by Gasteiger charge is 2.56. The number of nitrogens with one attached hydrogen (secondary N) is 1. The van der Waals surface area contributed by atoms with Crippen LogP contribution in [0.4, 0.5) is 4.48 Å². The lowest BCUT2D eigenvalue weighted by Gasteiger charge is -2.44. The Morgan fingerprint density at radius 2 is 2.05 bits per heavy atom. The van der Waals surface area contributed by atoms with Crippen molar-refractivity contribution in [1.29, 1.82) is 0 Å². The molecule has 1 amide bonds. The standard InChI is InChI=1S/C16H18FNO/c1-8-2-5-11-14-9-3-4-10(6-9)15(14)16(11)12(8)7-13(19)18-17/h2,5,9-10,14-15H,3-4,6-7H2,1H3,(H,18,19). The number of halogens is 1. The molecule has 0 saturated heterocycles. The fourth-order valence-corrected chi connectivity index (χ4v) is 4.96. The second-order valence-electron chi connectivity index (χ2n) is 6.44. The third-order valence-corrected chi connectivity index (χ3v) is 5.68. The Morgan fingerprint density at radius 1 is 1.32 bits per heavy atom. The molecule has 2 nitrogen and oxygen atoms in total. The molecule has 0 aromatic heterocycles. The van der Waals surface area contributed by atoms with E-state index in [9.17, 15) is 9.28 Å². The molecule has 4 unspecified atom stereocenters. The van der Waals surface area contributed by atoms with Crippen LogP contribution in [0.2, 0.25) is 0 Å². The summed E-state index contributed by atoms with van der Waals surface area (Å²) in [6.07, 6.45) is 4.26. The summed E-state index contributed by atoms with van der Waals surface area (Å²) >= 11 is 0. The van der Waals surface area contributed by atoms with E-state index in [0.717, 1.165) is 28.9 Å². The Balaban J connectivity index is 1.78. The molecule has 19 heavy (non-hydrogen) atoms. The van der Waals surface area contributed by atoms with E-state index in [0.29, 0.717) is 5.92 Å². The fourth-order valence-electron chi connectivity index (χ4n) is 4.96. The molecular formula is C16H18FNO. The normalized spacial score (nSPS) is 33.6. The van der Waals surface area contributed by atoms with Crippen LogP contribution in [0.3, 0.4) is 0 Å². The van der Waals surface area contributed by atoms with Gasteiger partial charge in [-0.25, -0.2) is 0 Å². The van der Waals surface area contributed by atoms with Gasteiger partial charge in [0, 0.05) is 0 Å². The number of aryl methyl sites for hydroxylation is 1. The number of rotatable bonds is 2. The van der Waals surface area contributed by atoms with Crippen LogP contribution in [0, 0.1) is 18.8 Å². The molecule has 2 saturated carbocycles. The molecule has 3 heteroatoms. The summed E-state index contributed by atoms with van der Waals surface area (Å²) in [5.41, 5.74) is 6.32. The topological polar surface area (TPSA) is 29.1 Å². The molecule has 1 aromatic rings. The molecule has 3 aliphatic rings. The van der Waals surface area contributed by atoms with E-state index >= 15 is 0 Å². The third-order valence-electron chi connectivity index (χ3n) is 5.68. The number of carbonyl (C=O) groups excluding carboxylic acids is 1. The second kappa shape index (κ2) is 3.81. The molecule has 4 atom stereocenters. The van der Waals surface area contributed by atoms with Crippen molar-refractivity contribution in [3.63, 3.8) is 0 Å². The first-order chi connectivity index (χ1) is 9.20. The maximum atomic E-state index is 12.3. The van der Waals surface area contributed by atoms with Crippen LogP contribution in [0.1, 0.15) is 53.4 Å². The molecule has 100 valence electrons. The Morgan fingerprint density at radius 3 is 2.79 bits per heavy atom. The molecule has 4 rings (SSSR count). The zero-order valence-corrected chi connectivity index (χ0v) is 11.1. The minimum Gasteiger partial charge on any atom is -0.272 e. The Bertz CT molecular complexity index is 568.